The predicted molar refractivity (Wildman–Crippen MR) is 63.3 cm³/mol. The molecule has 0 unspecified atom stereocenters. The Balaban J connectivity index is 2.52. The lowest BCUT2D eigenvalue weighted by atomic mass is 10.2. The summed E-state index contributed by atoms with van der Waals surface area (Å²) in [6.07, 6.45) is 5.57. The quantitative estimate of drug-likeness (QED) is 0.549. The molecule has 2 N–H and O–H groups in total. The van der Waals surface area contributed by atoms with Gasteiger partial charge in [0.2, 0.25) is 0 Å². The molecule has 1 rings (SSSR count). The van der Waals surface area contributed by atoms with Gasteiger partial charge in [0.05, 0.1) is 13.3 Å². The van der Waals surface area contributed by atoms with Crippen LogP contribution in [0.5, 0.6) is 0 Å². The number of hydrogen-bond donors (Lipinski definition) is 2. The second-order valence-corrected chi connectivity index (χ2v) is 3.55. The summed E-state index contributed by atoms with van der Waals surface area (Å²) < 4.78 is 4.62. The van der Waals surface area contributed by atoms with Gasteiger partial charge in [-0.3, -0.25) is 20.0 Å². The Hall–Kier alpha value is -2.02. The lowest BCUT2D eigenvalue weighted by Gasteiger charge is -2.15. The molecular formula is C11H16N4O3. The van der Waals surface area contributed by atoms with Gasteiger partial charge in [-0.05, 0) is 6.42 Å². The molecule has 1 aromatic rings. The Kier molecular flexibility index (Phi) is 5.72. The number of amides is 1. The minimum atomic E-state index is -0.569. The van der Waals surface area contributed by atoms with Crippen LogP contribution in [0.25, 0.3) is 0 Å². The minimum Gasteiger partial charge on any atom is -0.468 e. The number of carbonyl (C=O) groups is 2. The molecule has 7 nitrogen and oxygen atoms in total. The van der Waals surface area contributed by atoms with E-state index in [1.54, 1.807) is 0 Å². The van der Waals surface area contributed by atoms with Gasteiger partial charge < -0.3 is 4.74 Å². The van der Waals surface area contributed by atoms with Crippen molar-refractivity contribution < 1.29 is 14.3 Å². The van der Waals surface area contributed by atoms with Crippen LogP contribution in [-0.2, 0) is 9.53 Å². The fraction of sp³-hybridized carbons (Fsp3) is 0.455. The van der Waals surface area contributed by atoms with Gasteiger partial charge in [-0.15, -0.1) is 0 Å². The van der Waals surface area contributed by atoms with Gasteiger partial charge in [-0.2, -0.15) is 0 Å². The third-order valence-corrected chi connectivity index (χ3v) is 2.22. The average Bonchev–Trinajstić information content (AvgIpc) is 2.43. The number of rotatable bonds is 6. The van der Waals surface area contributed by atoms with E-state index < -0.39 is 17.9 Å². The summed E-state index contributed by atoms with van der Waals surface area (Å²) >= 11 is 0. The largest absolute Gasteiger partial charge is 0.468 e. The van der Waals surface area contributed by atoms with Crippen LogP contribution in [0.15, 0.2) is 18.6 Å². The van der Waals surface area contributed by atoms with Crippen molar-refractivity contribution in [3.63, 3.8) is 0 Å². The monoisotopic (exact) mass is 252 g/mol. The van der Waals surface area contributed by atoms with Crippen molar-refractivity contribution in [1.29, 1.82) is 0 Å². The molecule has 18 heavy (non-hydrogen) atoms. The molecule has 0 aliphatic rings. The van der Waals surface area contributed by atoms with Gasteiger partial charge in [-0.1, -0.05) is 13.3 Å². The first-order chi connectivity index (χ1) is 8.69. The van der Waals surface area contributed by atoms with E-state index in [1.165, 1.54) is 25.7 Å². The maximum atomic E-state index is 11.6. The topological polar surface area (TPSA) is 93.2 Å². The highest BCUT2D eigenvalue weighted by atomic mass is 16.5. The molecule has 98 valence electrons. The van der Waals surface area contributed by atoms with E-state index in [2.05, 4.69) is 25.6 Å². The molecule has 7 heteroatoms. The normalized spacial score (nSPS) is 11.7. The number of hydrazine groups is 1. The Labute approximate surface area is 105 Å². The lowest BCUT2D eigenvalue weighted by Crippen LogP contribution is -2.48. The van der Waals surface area contributed by atoms with Gasteiger partial charge >= 0.3 is 5.97 Å². The van der Waals surface area contributed by atoms with Crippen molar-refractivity contribution in [1.82, 2.24) is 20.8 Å². The molecule has 0 aliphatic heterocycles. The Bertz CT molecular complexity index is 397. The van der Waals surface area contributed by atoms with Crippen LogP contribution in [0.2, 0.25) is 0 Å². The molecule has 0 aromatic carbocycles. The number of nitrogens with zero attached hydrogens (tertiary/aromatic N) is 2. The Morgan fingerprint density at radius 3 is 2.78 bits per heavy atom. The first kappa shape index (κ1) is 14.0. The van der Waals surface area contributed by atoms with Crippen LogP contribution in [0, 0.1) is 0 Å². The zero-order valence-corrected chi connectivity index (χ0v) is 10.3. The van der Waals surface area contributed by atoms with E-state index in [4.69, 9.17) is 0 Å². The molecule has 1 amide bonds. The first-order valence-electron chi connectivity index (χ1n) is 5.58. The van der Waals surface area contributed by atoms with E-state index in [0.717, 1.165) is 6.42 Å². The van der Waals surface area contributed by atoms with Crippen LogP contribution < -0.4 is 10.9 Å². The summed E-state index contributed by atoms with van der Waals surface area (Å²) in [6, 6.07) is -0.569. The number of aromatic nitrogens is 2. The van der Waals surface area contributed by atoms with Gasteiger partial charge in [-0.25, -0.2) is 10.4 Å². The van der Waals surface area contributed by atoms with Crippen molar-refractivity contribution in [2.75, 3.05) is 7.11 Å². The third kappa shape index (κ3) is 4.10. The second-order valence-electron chi connectivity index (χ2n) is 3.55. The highest BCUT2D eigenvalue weighted by Crippen LogP contribution is 1.98. The number of carbonyl (C=O) groups excluding carboxylic acids is 2. The highest BCUT2D eigenvalue weighted by Gasteiger charge is 2.18. The molecule has 1 atom stereocenters. The Morgan fingerprint density at radius 1 is 1.44 bits per heavy atom. The maximum Gasteiger partial charge on any atom is 0.324 e. The zero-order chi connectivity index (χ0) is 13.4. The molecule has 0 bridgehead atoms. The SMILES string of the molecule is CCC[C@H](NNC(=O)c1cnccn1)C(=O)OC. The van der Waals surface area contributed by atoms with Crippen molar-refractivity contribution >= 4 is 11.9 Å². The molecule has 0 saturated heterocycles. The smallest absolute Gasteiger partial charge is 0.324 e. The van der Waals surface area contributed by atoms with E-state index in [9.17, 15) is 9.59 Å². The van der Waals surface area contributed by atoms with Crippen LogP contribution >= 0.6 is 0 Å². The number of ether oxygens (including phenoxy) is 1. The highest BCUT2D eigenvalue weighted by molar-refractivity contribution is 5.91. The van der Waals surface area contributed by atoms with Crippen molar-refractivity contribution in [2.24, 2.45) is 0 Å². The minimum absolute atomic E-state index is 0.171. The van der Waals surface area contributed by atoms with Crippen LogP contribution in [0.1, 0.15) is 30.3 Å². The molecule has 0 radical (unpaired) electrons. The maximum absolute atomic E-state index is 11.6. The molecule has 0 aliphatic carbocycles. The first-order valence-corrected chi connectivity index (χ1v) is 5.58. The standard InChI is InChI=1S/C11H16N4O3/c1-3-4-8(11(17)18-2)14-15-10(16)9-7-12-5-6-13-9/h5-8,14H,3-4H2,1-2H3,(H,15,16)/t8-/m0/s1. The molecule has 1 heterocycles. The number of hydrogen-bond acceptors (Lipinski definition) is 6. The molecule has 0 saturated carbocycles. The summed E-state index contributed by atoms with van der Waals surface area (Å²) in [4.78, 5) is 30.6. The number of methoxy groups -OCH3 is 1. The Morgan fingerprint density at radius 2 is 2.22 bits per heavy atom. The van der Waals surface area contributed by atoms with Crippen LogP contribution in [0.3, 0.4) is 0 Å². The van der Waals surface area contributed by atoms with E-state index in [0.29, 0.717) is 6.42 Å². The summed E-state index contributed by atoms with van der Waals surface area (Å²) in [5.74, 6) is -0.871. The van der Waals surface area contributed by atoms with Gasteiger partial charge in [0.15, 0.2) is 0 Å². The van der Waals surface area contributed by atoms with Crippen molar-refractivity contribution in [3.05, 3.63) is 24.3 Å². The summed E-state index contributed by atoms with van der Waals surface area (Å²) in [7, 11) is 1.30. The molecule has 0 fully saturated rings. The average molecular weight is 252 g/mol. The number of nitrogens with one attached hydrogen (secondary N) is 2. The van der Waals surface area contributed by atoms with E-state index >= 15 is 0 Å². The number of esters is 1. The third-order valence-electron chi connectivity index (χ3n) is 2.22. The van der Waals surface area contributed by atoms with Crippen molar-refractivity contribution in [3.8, 4) is 0 Å². The molecule has 0 spiro atoms. The van der Waals surface area contributed by atoms with E-state index in [1.807, 2.05) is 6.92 Å². The van der Waals surface area contributed by atoms with Crippen molar-refractivity contribution in [2.45, 2.75) is 25.8 Å². The van der Waals surface area contributed by atoms with Gasteiger partial charge in [0, 0.05) is 12.4 Å². The van der Waals surface area contributed by atoms with E-state index in [-0.39, 0.29) is 5.69 Å². The molecule has 1 aromatic heterocycles. The van der Waals surface area contributed by atoms with Crippen LogP contribution in [-0.4, -0.2) is 35.0 Å². The summed E-state index contributed by atoms with van der Waals surface area (Å²) in [5, 5.41) is 0. The fourth-order valence-corrected chi connectivity index (χ4v) is 1.31. The summed E-state index contributed by atoms with van der Waals surface area (Å²) in [6.45, 7) is 1.93. The van der Waals surface area contributed by atoms with Crippen LogP contribution in [0.4, 0.5) is 0 Å². The van der Waals surface area contributed by atoms with Gasteiger partial charge in [0.1, 0.15) is 11.7 Å². The summed E-state index contributed by atoms with van der Waals surface area (Å²) in [5.41, 5.74) is 5.21. The second kappa shape index (κ2) is 7.33. The van der Waals surface area contributed by atoms with Gasteiger partial charge in [0.25, 0.3) is 5.91 Å². The molecular weight excluding hydrogens is 236 g/mol. The fourth-order valence-electron chi connectivity index (χ4n) is 1.31. The lowest BCUT2D eigenvalue weighted by molar-refractivity contribution is -0.143. The predicted octanol–water partition coefficient (Wildman–Crippen LogP) is 0.0527. The zero-order valence-electron chi connectivity index (χ0n) is 10.3.